The van der Waals surface area contributed by atoms with Gasteiger partial charge in [0.1, 0.15) is 0 Å². The minimum absolute atomic E-state index is 0.0305. The van der Waals surface area contributed by atoms with Crippen molar-refractivity contribution in [2.24, 2.45) is 5.41 Å². The Morgan fingerprint density at radius 2 is 2.00 bits per heavy atom. The molecule has 0 aromatic heterocycles. The number of allylic oxidation sites excluding steroid dienone is 1. The lowest BCUT2D eigenvalue weighted by atomic mass is 9.91. The second-order valence-electron chi connectivity index (χ2n) is 3.50. The predicted octanol–water partition coefficient (Wildman–Crippen LogP) is 0.462. The Morgan fingerprint density at radius 3 is 2.36 bits per heavy atom. The van der Waals surface area contributed by atoms with E-state index < -0.39 is 5.41 Å². The standard InChI is InChI=1S/C10H17NO3/c1-9(2)14-8-10(6-12,7-13)4-3-5-11/h3-4,9,12-13H,6-8H2,1-2H3/b4-3+. The molecule has 14 heavy (non-hydrogen) atoms. The van der Waals surface area contributed by atoms with E-state index >= 15 is 0 Å². The second kappa shape index (κ2) is 6.55. The molecule has 0 aliphatic carbocycles. The third-order valence-electron chi connectivity index (χ3n) is 1.85. The minimum Gasteiger partial charge on any atom is -0.395 e. The van der Waals surface area contributed by atoms with Gasteiger partial charge in [-0.05, 0) is 13.8 Å². The second-order valence-corrected chi connectivity index (χ2v) is 3.50. The van der Waals surface area contributed by atoms with Crippen LogP contribution < -0.4 is 0 Å². The van der Waals surface area contributed by atoms with Gasteiger partial charge in [0.05, 0.1) is 37.4 Å². The molecule has 4 heteroatoms. The average Bonchev–Trinajstić information content (AvgIpc) is 2.19. The lowest BCUT2D eigenvalue weighted by Crippen LogP contribution is -2.34. The van der Waals surface area contributed by atoms with Crippen molar-refractivity contribution in [1.82, 2.24) is 0 Å². The summed E-state index contributed by atoms with van der Waals surface area (Å²) in [7, 11) is 0. The predicted molar refractivity (Wildman–Crippen MR) is 52.4 cm³/mol. The molecule has 0 aromatic rings. The fourth-order valence-electron chi connectivity index (χ4n) is 0.841. The zero-order valence-corrected chi connectivity index (χ0v) is 8.60. The Labute approximate surface area is 84.4 Å². The van der Waals surface area contributed by atoms with Crippen LogP contribution in [-0.2, 0) is 4.74 Å². The molecule has 0 rings (SSSR count). The van der Waals surface area contributed by atoms with Gasteiger partial charge in [-0.3, -0.25) is 0 Å². The molecule has 0 aliphatic heterocycles. The van der Waals surface area contributed by atoms with Crippen molar-refractivity contribution >= 4 is 0 Å². The third-order valence-corrected chi connectivity index (χ3v) is 1.85. The molecule has 0 saturated carbocycles. The van der Waals surface area contributed by atoms with Gasteiger partial charge in [-0.2, -0.15) is 5.26 Å². The van der Waals surface area contributed by atoms with Crippen LogP contribution in [0.4, 0.5) is 0 Å². The van der Waals surface area contributed by atoms with Gasteiger partial charge in [-0.25, -0.2) is 0 Å². The highest BCUT2D eigenvalue weighted by Gasteiger charge is 2.26. The molecule has 0 amide bonds. The van der Waals surface area contributed by atoms with E-state index in [-0.39, 0.29) is 25.9 Å². The van der Waals surface area contributed by atoms with E-state index in [1.807, 2.05) is 19.9 Å². The van der Waals surface area contributed by atoms with Crippen LogP contribution in [0.25, 0.3) is 0 Å². The highest BCUT2D eigenvalue weighted by atomic mass is 16.5. The number of aliphatic hydroxyl groups excluding tert-OH is 2. The fourth-order valence-corrected chi connectivity index (χ4v) is 0.841. The molecule has 0 aliphatic rings. The molecule has 0 bridgehead atoms. The molecule has 0 spiro atoms. The highest BCUT2D eigenvalue weighted by Crippen LogP contribution is 2.18. The van der Waals surface area contributed by atoms with Crippen molar-refractivity contribution in [1.29, 1.82) is 5.26 Å². The number of rotatable bonds is 6. The van der Waals surface area contributed by atoms with Gasteiger partial charge in [0, 0.05) is 6.08 Å². The van der Waals surface area contributed by atoms with Crippen molar-refractivity contribution in [3.63, 3.8) is 0 Å². The van der Waals surface area contributed by atoms with E-state index in [2.05, 4.69) is 0 Å². The first-order valence-corrected chi connectivity index (χ1v) is 4.51. The van der Waals surface area contributed by atoms with E-state index in [1.54, 1.807) is 0 Å². The largest absolute Gasteiger partial charge is 0.395 e. The summed E-state index contributed by atoms with van der Waals surface area (Å²) in [6.07, 6.45) is 2.76. The third kappa shape index (κ3) is 4.38. The number of aliphatic hydroxyl groups is 2. The first-order valence-electron chi connectivity index (χ1n) is 4.51. The van der Waals surface area contributed by atoms with E-state index in [0.717, 1.165) is 0 Å². The van der Waals surface area contributed by atoms with E-state index in [4.69, 9.17) is 20.2 Å². The zero-order chi connectivity index (χ0) is 11.0. The Morgan fingerprint density at radius 1 is 1.43 bits per heavy atom. The Bertz CT molecular complexity index is 214. The van der Waals surface area contributed by atoms with Crippen molar-refractivity contribution in [3.05, 3.63) is 12.2 Å². The summed E-state index contributed by atoms with van der Waals surface area (Å²) >= 11 is 0. The van der Waals surface area contributed by atoms with Gasteiger partial charge >= 0.3 is 0 Å². The number of ether oxygens (including phenoxy) is 1. The van der Waals surface area contributed by atoms with Crippen LogP contribution in [0.3, 0.4) is 0 Å². The number of nitrogens with zero attached hydrogens (tertiary/aromatic N) is 1. The molecule has 4 nitrogen and oxygen atoms in total. The average molecular weight is 199 g/mol. The van der Waals surface area contributed by atoms with Crippen LogP contribution in [0, 0.1) is 16.7 Å². The maximum atomic E-state index is 9.12. The van der Waals surface area contributed by atoms with Gasteiger partial charge in [0.25, 0.3) is 0 Å². The molecular weight excluding hydrogens is 182 g/mol. The van der Waals surface area contributed by atoms with Gasteiger partial charge in [0.15, 0.2) is 0 Å². The molecule has 0 heterocycles. The van der Waals surface area contributed by atoms with Gasteiger partial charge < -0.3 is 14.9 Å². The van der Waals surface area contributed by atoms with Crippen molar-refractivity contribution < 1.29 is 14.9 Å². The van der Waals surface area contributed by atoms with Crippen LogP contribution in [0.1, 0.15) is 13.8 Å². The summed E-state index contributed by atoms with van der Waals surface area (Å²) in [6.45, 7) is 3.46. The van der Waals surface area contributed by atoms with Crippen molar-refractivity contribution in [2.75, 3.05) is 19.8 Å². The smallest absolute Gasteiger partial charge is 0.0908 e. The fraction of sp³-hybridized carbons (Fsp3) is 0.700. The molecule has 0 unspecified atom stereocenters. The van der Waals surface area contributed by atoms with Crippen LogP contribution in [0.15, 0.2) is 12.2 Å². The van der Waals surface area contributed by atoms with Crippen molar-refractivity contribution in [3.8, 4) is 6.07 Å². The van der Waals surface area contributed by atoms with Gasteiger partial charge in [0.2, 0.25) is 0 Å². The highest BCUT2D eigenvalue weighted by molar-refractivity contribution is 5.09. The minimum atomic E-state index is -0.847. The van der Waals surface area contributed by atoms with Crippen LogP contribution in [-0.4, -0.2) is 36.1 Å². The van der Waals surface area contributed by atoms with Gasteiger partial charge in [-0.1, -0.05) is 6.08 Å². The summed E-state index contributed by atoms with van der Waals surface area (Å²) in [5.41, 5.74) is -0.847. The topological polar surface area (TPSA) is 73.5 Å². The molecule has 0 saturated heterocycles. The van der Waals surface area contributed by atoms with Crippen LogP contribution >= 0.6 is 0 Å². The lowest BCUT2D eigenvalue weighted by Gasteiger charge is -2.26. The summed E-state index contributed by atoms with van der Waals surface area (Å²) in [6, 6.07) is 1.82. The molecule has 0 radical (unpaired) electrons. The SMILES string of the molecule is CC(C)OCC(/C=C/C#N)(CO)CO. The van der Waals surface area contributed by atoms with E-state index in [0.29, 0.717) is 0 Å². The number of hydrogen-bond donors (Lipinski definition) is 2. The molecule has 2 N–H and O–H groups in total. The first-order chi connectivity index (χ1) is 6.60. The molecule has 0 aromatic carbocycles. The van der Waals surface area contributed by atoms with Gasteiger partial charge in [-0.15, -0.1) is 0 Å². The maximum absolute atomic E-state index is 9.12. The van der Waals surface area contributed by atoms with E-state index in [9.17, 15) is 0 Å². The number of hydrogen-bond acceptors (Lipinski definition) is 4. The summed E-state index contributed by atoms with van der Waals surface area (Å²) in [5.74, 6) is 0. The summed E-state index contributed by atoms with van der Waals surface area (Å²) in [4.78, 5) is 0. The van der Waals surface area contributed by atoms with E-state index in [1.165, 1.54) is 12.2 Å². The molecule has 0 atom stereocenters. The first kappa shape index (κ1) is 13.1. The van der Waals surface area contributed by atoms with Crippen LogP contribution in [0.2, 0.25) is 0 Å². The Kier molecular flexibility index (Phi) is 6.13. The Hall–Kier alpha value is -0.890. The summed E-state index contributed by atoms with van der Waals surface area (Å²) < 4.78 is 5.31. The normalized spacial score (nSPS) is 12.3. The molecule has 0 fully saturated rings. The zero-order valence-electron chi connectivity index (χ0n) is 8.60. The summed E-state index contributed by atoms with van der Waals surface area (Å²) in [5, 5.41) is 26.6. The van der Waals surface area contributed by atoms with Crippen LogP contribution in [0.5, 0.6) is 0 Å². The number of nitriles is 1. The quantitative estimate of drug-likeness (QED) is 0.609. The monoisotopic (exact) mass is 199 g/mol. The molecular formula is C10H17NO3. The van der Waals surface area contributed by atoms with Crippen molar-refractivity contribution in [2.45, 2.75) is 20.0 Å². The Balaban J connectivity index is 4.38. The maximum Gasteiger partial charge on any atom is 0.0908 e. The molecule has 80 valence electrons. The lowest BCUT2D eigenvalue weighted by molar-refractivity contribution is -0.0216.